The van der Waals surface area contributed by atoms with E-state index in [-0.39, 0.29) is 17.8 Å². The van der Waals surface area contributed by atoms with E-state index >= 15 is 0 Å². The molecule has 0 heterocycles. The third kappa shape index (κ3) is 4.22. The van der Waals surface area contributed by atoms with Gasteiger partial charge in [-0.3, -0.25) is 4.79 Å². The molecule has 0 saturated carbocycles. The van der Waals surface area contributed by atoms with E-state index in [2.05, 4.69) is 23.5 Å². The molecule has 0 aromatic heterocycles. The number of hydrogen-bond donors (Lipinski definition) is 1. The predicted octanol–water partition coefficient (Wildman–Crippen LogP) is 4.51. The summed E-state index contributed by atoms with van der Waals surface area (Å²) >= 11 is 0. The summed E-state index contributed by atoms with van der Waals surface area (Å²) in [5, 5.41) is 3.07. The fourth-order valence-electron chi connectivity index (χ4n) is 3.33. The predicted molar refractivity (Wildman–Crippen MR) is 94.4 cm³/mol. The van der Waals surface area contributed by atoms with Crippen LogP contribution in [-0.2, 0) is 24.1 Å². The highest BCUT2D eigenvalue weighted by Gasteiger charge is 2.14. The average molecular weight is 325 g/mol. The van der Waals surface area contributed by atoms with E-state index in [9.17, 15) is 9.18 Å². The van der Waals surface area contributed by atoms with Crippen molar-refractivity contribution in [2.45, 2.75) is 51.5 Å². The normalized spacial score (nSPS) is 14.8. The van der Waals surface area contributed by atoms with Gasteiger partial charge in [-0.15, -0.1) is 0 Å². The second kappa shape index (κ2) is 7.61. The first-order valence-corrected chi connectivity index (χ1v) is 8.77. The number of benzene rings is 2. The summed E-state index contributed by atoms with van der Waals surface area (Å²) in [5.74, 6) is -0.214. The van der Waals surface area contributed by atoms with Crippen molar-refractivity contribution in [1.29, 1.82) is 0 Å². The third-order valence-corrected chi connectivity index (χ3v) is 4.80. The van der Waals surface area contributed by atoms with E-state index < -0.39 is 0 Å². The Morgan fingerprint density at radius 1 is 1.08 bits per heavy atom. The maximum atomic E-state index is 12.9. The minimum atomic E-state index is -0.246. The van der Waals surface area contributed by atoms with Gasteiger partial charge in [0, 0.05) is 6.42 Å². The van der Waals surface area contributed by atoms with E-state index in [0.29, 0.717) is 12.8 Å². The summed E-state index contributed by atoms with van der Waals surface area (Å²) < 4.78 is 12.9. The van der Waals surface area contributed by atoms with Gasteiger partial charge in [-0.05, 0) is 73.4 Å². The standard InChI is InChI=1S/C21H24FNO/c1-15(18-10-9-17-4-2-3-5-19(17)14-18)23-21(24)13-8-16-6-11-20(22)12-7-16/h6-7,9-12,14-15H,2-5,8,13H2,1H3,(H,23,24)/t15-/m1/s1. The SMILES string of the molecule is C[C@@H](NC(=O)CCc1ccc(F)cc1)c1ccc2c(c1)CCCC2. The number of halogens is 1. The van der Waals surface area contributed by atoms with Gasteiger partial charge in [0.15, 0.2) is 0 Å². The smallest absolute Gasteiger partial charge is 0.220 e. The van der Waals surface area contributed by atoms with E-state index in [1.54, 1.807) is 12.1 Å². The van der Waals surface area contributed by atoms with Crippen LogP contribution in [0, 0.1) is 5.82 Å². The molecule has 1 aliphatic rings. The largest absolute Gasteiger partial charge is 0.350 e. The molecule has 1 aliphatic carbocycles. The van der Waals surface area contributed by atoms with Crippen LogP contribution in [0.5, 0.6) is 0 Å². The molecular weight excluding hydrogens is 301 g/mol. The Balaban J connectivity index is 1.55. The number of amides is 1. The summed E-state index contributed by atoms with van der Waals surface area (Å²) in [5.41, 5.74) is 5.05. The fraction of sp³-hybridized carbons (Fsp3) is 0.381. The van der Waals surface area contributed by atoms with Crippen molar-refractivity contribution in [3.63, 3.8) is 0 Å². The van der Waals surface area contributed by atoms with Crippen LogP contribution in [-0.4, -0.2) is 5.91 Å². The summed E-state index contributed by atoms with van der Waals surface area (Å²) in [6, 6.07) is 12.9. The summed E-state index contributed by atoms with van der Waals surface area (Å²) in [4.78, 5) is 12.2. The molecule has 0 saturated heterocycles. The molecule has 2 aromatic rings. The van der Waals surface area contributed by atoms with Gasteiger partial charge in [-0.2, -0.15) is 0 Å². The first-order chi connectivity index (χ1) is 11.6. The van der Waals surface area contributed by atoms with Crippen LogP contribution in [0.4, 0.5) is 4.39 Å². The average Bonchev–Trinajstić information content (AvgIpc) is 2.61. The van der Waals surface area contributed by atoms with E-state index in [1.807, 2.05) is 6.92 Å². The number of nitrogens with one attached hydrogen (secondary N) is 1. The molecule has 0 bridgehead atoms. The van der Waals surface area contributed by atoms with Gasteiger partial charge in [-0.25, -0.2) is 4.39 Å². The zero-order valence-corrected chi connectivity index (χ0v) is 14.1. The lowest BCUT2D eigenvalue weighted by Gasteiger charge is -2.20. The zero-order chi connectivity index (χ0) is 16.9. The molecule has 126 valence electrons. The molecule has 1 atom stereocenters. The Bertz CT molecular complexity index is 708. The lowest BCUT2D eigenvalue weighted by molar-refractivity contribution is -0.121. The highest BCUT2D eigenvalue weighted by molar-refractivity contribution is 5.76. The van der Waals surface area contributed by atoms with Crippen LogP contribution >= 0.6 is 0 Å². The molecular formula is C21H24FNO. The first kappa shape index (κ1) is 16.7. The highest BCUT2D eigenvalue weighted by Crippen LogP contribution is 2.24. The molecule has 0 fully saturated rings. The lowest BCUT2D eigenvalue weighted by atomic mass is 9.89. The van der Waals surface area contributed by atoms with Crippen molar-refractivity contribution in [3.8, 4) is 0 Å². The maximum absolute atomic E-state index is 12.9. The molecule has 2 nitrogen and oxygen atoms in total. The van der Waals surface area contributed by atoms with E-state index in [1.165, 1.54) is 48.1 Å². The summed E-state index contributed by atoms with van der Waals surface area (Å²) in [6.45, 7) is 2.03. The van der Waals surface area contributed by atoms with Gasteiger partial charge >= 0.3 is 0 Å². The van der Waals surface area contributed by atoms with Crippen molar-refractivity contribution >= 4 is 5.91 Å². The monoisotopic (exact) mass is 325 g/mol. The summed E-state index contributed by atoms with van der Waals surface area (Å²) in [7, 11) is 0. The molecule has 0 unspecified atom stereocenters. The summed E-state index contributed by atoms with van der Waals surface area (Å²) in [6.07, 6.45) is 5.91. The lowest BCUT2D eigenvalue weighted by Crippen LogP contribution is -2.27. The molecule has 3 heteroatoms. The van der Waals surface area contributed by atoms with Crippen LogP contribution in [0.15, 0.2) is 42.5 Å². The Kier molecular flexibility index (Phi) is 5.29. The zero-order valence-electron chi connectivity index (χ0n) is 14.1. The first-order valence-electron chi connectivity index (χ1n) is 8.77. The van der Waals surface area contributed by atoms with Crippen molar-refractivity contribution in [3.05, 3.63) is 70.5 Å². The topological polar surface area (TPSA) is 29.1 Å². The second-order valence-electron chi connectivity index (χ2n) is 6.65. The van der Waals surface area contributed by atoms with Gasteiger partial charge in [0.1, 0.15) is 5.82 Å². The number of fused-ring (bicyclic) bond motifs is 1. The van der Waals surface area contributed by atoms with E-state index in [4.69, 9.17) is 0 Å². The van der Waals surface area contributed by atoms with Crippen molar-refractivity contribution in [1.82, 2.24) is 5.32 Å². The number of rotatable bonds is 5. The molecule has 1 amide bonds. The van der Waals surface area contributed by atoms with Gasteiger partial charge < -0.3 is 5.32 Å². The number of hydrogen-bond acceptors (Lipinski definition) is 1. The fourth-order valence-corrected chi connectivity index (χ4v) is 3.33. The number of carbonyl (C=O) groups excluding carboxylic acids is 1. The molecule has 0 spiro atoms. The second-order valence-corrected chi connectivity index (χ2v) is 6.65. The minimum Gasteiger partial charge on any atom is -0.350 e. The maximum Gasteiger partial charge on any atom is 0.220 e. The number of carbonyl (C=O) groups is 1. The number of aryl methyl sites for hydroxylation is 3. The van der Waals surface area contributed by atoms with Crippen LogP contribution in [0.25, 0.3) is 0 Å². The third-order valence-electron chi connectivity index (χ3n) is 4.80. The van der Waals surface area contributed by atoms with Gasteiger partial charge in [-0.1, -0.05) is 30.3 Å². The van der Waals surface area contributed by atoms with E-state index in [0.717, 1.165) is 12.0 Å². The van der Waals surface area contributed by atoms with Crippen molar-refractivity contribution in [2.75, 3.05) is 0 Å². The van der Waals surface area contributed by atoms with Gasteiger partial charge in [0.05, 0.1) is 6.04 Å². The molecule has 3 rings (SSSR count). The van der Waals surface area contributed by atoms with Crippen LogP contribution in [0.2, 0.25) is 0 Å². The van der Waals surface area contributed by atoms with Crippen molar-refractivity contribution < 1.29 is 9.18 Å². The Morgan fingerprint density at radius 2 is 1.79 bits per heavy atom. The molecule has 1 N–H and O–H groups in total. The van der Waals surface area contributed by atoms with Crippen LogP contribution in [0.3, 0.4) is 0 Å². The van der Waals surface area contributed by atoms with Crippen LogP contribution in [0.1, 0.15) is 54.5 Å². The van der Waals surface area contributed by atoms with Gasteiger partial charge in [0.2, 0.25) is 5.91 Å². The Hall–Kier alpha value is -2.16. The van der Waals surface area contributed by atoms with Crippen molar-refractivity contribution in [2.24, 2.45) is 0 Å². The molecule has 2 aromatic carbocycles. The Morgan fingerprint density at radius 3 is 2.54 bits per heavy atom. The quantitative estimate of drug-likeness (QED) is 0.861. The molecule has 0 aliphatic heterocycles. The van der Waals surface area contributed by atoms with Crippen LogP contribution < -0.4 is 5.32 Å². The highest BCUT2D eigenvalue weighted by atomic mass is 19.1. The minimum absolute atomic E-state index is 0.0120. The Labute approximate surface area is 143 Å². The molecule has 24 heavy (non-hydrogen) atoms. The molecule has 0 radical (unpaired) electrons. The van der Waals surface area contributed by atoms with Gasteiger partial charge in [0.25, 0.3) is 0 Å².